The fourth-order valence-electron chi connectivity index (χ4n) is 1.49. The quantitative estimate of drug-likeness (QED) is 0.679. The molecular weight excluding hydrogens is 202 g/mol. The van der Waals surface area contributed by atoms with E-state index in [2.05, 4.69) is 30.0 Å². The summed E-state index contributed by atoms with van der Waals surface area (Å²) < 4.78 is 1.92. The molecule has 0 saturated heterocycles. The van der Waals surface area contributed by atoms with Gasteiger partial charge >= 0.3 is 0 Å². The van der Waals surface area contributed by atoms with Crippen LogP contribution in [-0.4, -0.2) is 32.8 Å². The molecule has 0 fully saturated rings. The van der Waals surface area contributed by atoms with Crippen LogP contribution in [0.2, 0.25) is 0 Å². The molecule has 0 atom stereocenters. The van der Waals surface area contributed by atoms with Crippen molar-refractivity contribution in [2.24, 2.45) is 5.92 Å². The molecule has 0 aliphatic heterocycles. The Morgan fingerprint density at radius 1 is 1.56 bits per heavy atom. The molecule has 5 heteroatoms. The highest BCUT2D eigenvalue weighted by atomic mass is 15.3. The minimum Gasteiger partial charge on any atom is -0.283 e. The monoisotopic (exact) mass is 221 g/mol. The van der Waals surface area contributed by atoms with Gasteiger partial charge in [-0.3, -0.25) is 4.90 Å². The van der Waals surface area contributed by atoms with Crippen molar-refractivity contribution >= 4 is 0 Å². The summed E-state index contributed by atoms with van der Waals surface area (Å²) in [5.74, 6) is 1.48. The van der Waals surface area contributed by atoms with E-state index in [9.17, 15) is 0 Å². The van der Waals surface area contributed by atoms with Gasteiger partial charge in [-0.05, 0) is 12.5 Å². The molecule has 0 aliphatic rings. The first-order chi connectivity index (χ1) is 7.67. The molecule has 0 aliphatic carbocycles. The summed E-state index contributed by atoms with van der Waals surface area (Å²) in [7, 11) is 0. The predicted octanol–water partition coefficient (Wildman–Crippen LogP) is 1.28. The van der Waals surface area contributed by atoms with E-state index in [1.54, 1.807) is 6.33 Å². The van der Waals surface area contributed by atoms with Crippen molar-refractivity contribution in [2.75, 3.05) is 13.1 Å². The summed E-state index contributed by atoms with van der Waals surface area (Å²) in [5, 5.41) is 12.9. The highest BCUT2D eigenvalue weighted by Gasteiger charge is 2.10. The number of nitrogens with zero attached hydrogens (tertiary/aromatic N) is 5. The van der Waals surface area contributed by atoms with Gasteiger partial charge in [0.05, 0.1) is 19.2 Å². The molecule has 1 aromatic heterocycles. The van der Waals surface area contributed by atoms with Crippen molar-refractivity contribution in [3.05, 3.63) is 12.2 Å². The van der Waals surface area contributed by atoms with Crippen LogP contribution in [0, 0.1) is 17.2 Å². The smallest absolute Gasteiger partial charge is 0.141 e. The maximum atomic E-state index is 8.68. The summed E-state index contributed by atoms with van der Waals surface area (Å²) in [5.41, 5.74) is 0. The maximum Gasteiger partial charge on any atom is 0.141 e. The van der Waals surface area contributed by atoms with E-state index in [-0.39, 0.29) is 0 Å². The van der Waals surface area contributed by atoms with Crippen molar-refractivity contribution < 1.29 is 0 Å². The molecule has 1 aromatic rings. The average Bonchev–Trinajstić information content (AvgIpc) is 2.64. The first-order valence-corrected chi connectivity index (χ1v) is 5.63. The molecule has 0 aromatic carbocycles. The van der Waals surface area contributed by atoms with E-state index in [1.807, 2.05) is 16.5 Å². The molecule has 1 heterocycles. The van der Waals surface area contributed by atoms with E-state index >= 15 is 0 Å². The third-order valence-electron chi connectivity index (χ3n) is 2.34. The van der Waals surface area contributed by atoms with Crippen LogP contribution in [0.15, 0.2) is 6.33 Å². The van der Waals surface area contributed by atoms with Gasteiger partial charge in [0.25, 0.3) is 0 Å². The van der Waals surface area contributed by atoms with Gasteiger partial charge in [-0.15, -0.1) is 0 Å². The summed E-state index contributed by atoms with van der Waals surface area (Å²) in [4.78, 5) is 6.28. The van der Waals surface area contributed by atoms with E-state index < -0.39 is 0 Å². The highest BCUT2D eigenvalue weighted by Crippen LogP contribution is 2.04. The lowest BCUT2D eigenvalue weighted by molar-refractivity contribution is 0.295. The van der Waals surface area contributed by atoms with Crippen molar-refractivity contribution in [2.45, 2.75) is 33.9 Å². The normalized spacial score (nSPS) is 11.0. The molecule has 0 N–H and O–H groups in total. The summed E-state index contributed by atoms with van der Waals surface area (Å²) >= 11 is 0. The van der Waals surface area contributed by atoms with Gasteiger partial charge in [-0.1, -0.05) is 20.8 Å². The lowest BCUT2D eigenvalue weighted by Gasteiger charge is -2.16. The zero-order valence-corrected chi connectivity index (χ0v) is 10.2. The Morgan fingerprint density at radius 2 is 2.31 bits per heavy atom. The summed E-state index contributed by atoms with van der Waals surface area (Å²) in [6.45, 7) is 9.19. The maximum absolute atomic E-state index is 8.68. The molecule has 0 saturated carbocycles. The Morgan fingerprint density at radius 3 is 2.88 bits per heavy atom. The fraction of sp³-hybridized carbons (Fsp3) is 0.727. The van der Waals surface area contributed by atoms with Crippen LogP contribution in [-0.2, 0) is 13.1 Å². The van der Waals surface area contributed by atoms with Gasteiger partial charge in [0.15, 0.2) is 0 Å². The summed E-state index contributed by atoms with van der Waals surface area (Å²) in [6.07, 6.45) is 1.58. The standard InChI is InChI=1S/C11H19N5/c1-4-15(6-5-12)8-11-13-9-14-16(11)7-10(2)3/h9-10H,4,6-8H2,1-3H3. The predicted molar refractivity (Wildman–Crippen MR) is 61.4 cm³/mol. The zero-order chi connectivity index (χ0) is 12.0. The Hall–Kier alpha value is -1.41. The van der Waals surface area contributed by atoms with E-state index in [0.717, 1.165) is 18.9 Å². The first-order valence-electron chi connectivity index (χ1n) is 5.63. The Kier molecular flexibility index (Phi) is 4.93. The molecule has 0 unspecified atom stereocenters. The Bertz CT molecular complexity index is 350. The van der Waals surface area contributed by atoms with Gasteiger partial charge in [0.1, 0.15) is 12.2 Å². The molecule has 16 heavy (non-hydrogen) atoms. The average molecular weight is 221 g/mol. The van der Waals surface area contributed by atoms with Gasteiger partial charge in [0.2, 0.25) is 0 Å². The minimum atomic E-state index is 0.436. The van der Waals surface area contributed by atoms with Crippen molar-refractivity contribution in [3.63, 3.8) is 0 Å². The first kappa shape index (κ1) is 12.7. The van der Waals surface area contributed by atoms with Crippen molar-refractivity contribution in [3.8, 4) is 6.07 Å². The van der Waals surface area contributed by atoms with Crippen LogP contribution < -0.4 is 0 Å². The van der Waals surface area contributed by atoms with Crippen LogP contribution in [0.1, 0.15) is 26.6 Å². The third-order valence-corrected chi connectivity index (χ3v) is 2.34. The molecule has 1 rings (SSSR count). The van der Waals surface area contributed by atoms with Gasteiger partial charge in [0, 0.05) is 6.54 Å². The molecule has 0 radical (unpaired) electrons. The number of aromatic nitrogens is 3. The third kappa shape index (κ3) is 3.63. The topological polar surface area (TPSA) is 57.7 Å². The van der Waals surface area contributed by atoms with Crippen molar-refractivity contribution in [1.29, 1.82) is 5.26 Å². The van der Waals surface area contributed by atoms with Crippen LogP contribution in [0.4, 0.5) is 0 Å². The Labute approximate surface area is 96.7 Å². The van der Waals surface area contributed by atoms with E-state index in [0.29, 0.717) is 19.0 Å². The number of rotatable bonds is 6. The molecular formula is C11H19N5. The summed E-state index contributed by atoms with van der Waals surface area (Å²) in [6, 6.07) is 2.16. The Balaban J connectivity index is 2.65. The van der Waals surface area contributed by atoms with Gasteiger partial charge in [-0.25, -0.2) is 9.67 Å². The second kappa shape index (κ2) is 6.23. The molecule has 0 bridgehead atoms. The van der Waals surface area contributed by atoms with E-state index in [4.69, 9.17) is 5.26 Å². The van der Waals surface area contributed by atoms with Crippen LogP contribution in [0.3, 0.4) is 0 Å². The van der Waals surface area contributed by atoms with Crippen LogP contribution >= 0.6 is 0 Å². The molecule has 5 nitrogen and oxygen atoms in total. The lowest BCUT2D eigenvalue weighted by atomic mass is 10.2. The number of hydrogen-bond acceptors (Lipinski definition) is 4. The van der Waals surface area contributed by atoms with E-state index in [1.165, 1.54) is 0 Å². The van der Waals surface area contributed by atoms with Gasteiger partial charge in [-0.2, -0.15) is 10.4 Å². The van der Waals surface area contributed by atoms with Gasteiger partial charge < -0.3 is 0 Å². The number of nitriles is 1. The highest BCUT2D eigenvalue weighted by molar-refractivity contribution is 4.87. The molecule has 0 amide bonds. The largest absolute Gasteiger partial charge is 0.283 e. The second-order valence-electron chi connectivity index (χ2n) is 4.21. The fourth-order valence-corrected chi connectivity index (χ4v) is 1.49. The number of hydrogen-bond donors (Lipinski definition) is 0. The molecule has 88 valence electrons. The molecule has 0 spiro atoms. The van der Waals surface area contributed by atoms with Crippen molar-refractivity contribution in [1.82, 2.24) is 19.7 Å². The SMILES string of the molecule is CCN(CC#N)Cc1ncnn1CC(C)C. The zero-order valence-electron chi connectivity index (χ0n) is 10.2. The van der Waals surface area contributed by atoms with Crippen LogP contribution in [0.25, 0.3) is 0 Å². The van der Waals surface area contributed by atoms with Crippen LogP contribution in [0.5, 0.6) is 0 Å². The lowest BCUT2D eigenvalue weighted by Crippen LogP contribution is -2.25. The second-order valence-corrected chi connectivity index (χ2v) is 4.21. The minimum absolute atomic E-state index is 0.436.